The Morgan fingerprint density at radius 2 is 1.84 bits per heavy atom. The third kappa shape index (κ3) is 3.80. The van der Waals surface area contributed by atoms with E-state index in [9.17, 15) is 4.39 Å². The molecule has 0 aliphatic rings. The second-order valence-corrected chi connectivity index (χ2v) is 6.15. The molecule has 2 aromatic rings. The summed E-state index contributed by atoms with van der Waals surface area (Å²) in [6.07, 6.45) is 0.835. The van der Waals surface area contributed by atoms with Crippen molar-refractivity contribution in [2.24, 2.45) is 0 Å². The average Bonchev–Trinajstić information content (AvgIpc) is 2.42. The molecule has 0 bridgehead atoms. The minimum Gasteiger partial charge on any atom is -0.497 e. The van der Waals surface area contributed by atoms with Crippen molar-refractivity contribution in [3.63, 3.8) is 0 Å². The van der Waals surface area contributed by atoms with E-state index in [1.165, 1.54) is 11.6 Å². The van der Waals surface area contributed by atoms with Gasteiger partial charge < -0.3 is 4.74 Å². The van der Waals surface area contributed by atoms with Crippen LogP contribution in [-0.2, 0) is 6.42 Å². The van der Waals surface area contributed by atoms with Gasteiger partial charge in [-0.15, -0.1) is 0 Å². The molecule has 4 heteroatoms. The number of hydrogen-bond donors (Lipinski definition) is 0. The molecule has 0 aliphatic carbocycles. The zero-order valence-corrected chi connectivity index (χ0v) is 13.5. The van der Waals surface area contributed by atoms with Gasteiger partial charge in [-0.1, -0.05) is 34.1 Å². The molecular formula is C15H13Br2FO. The zero-order chi connectivity index (χ0) is 13.8. The molecule has 0 spiro atoms. The Labute approximate surface area is 129 Å². The van der Waals surface area contributed by atoms with Crippen LogP contribution < -0.4 is 4.74 Å². The normalized spacial score (nSPS) is 12.2. The molecule has 0 radical (unpaired) electrons. The Hall–Kier alpha value is -0.870. The Bertz CT molecular complexity index is 555. The molecule has 0 N–H and O–H groups in total. The van der Waals surface area contributed by atoms with Crippen LogP contribution in [0.3, 0.4) is 0 Å². The highest BCUT2D eigenvalue weighted by Gasteiger charge is 2.10. The van der Waals surface area contributed by atoms with Crippen molar-refractivity contribution >= 4 is 31.9 Å². The standard InChI is InChI=1S/C15H13Br2FO/c1-19-12-5-2-10(3-6-12)8-13(16)11-4-7-15(18)14(17)9-11/h2-7,9,13H,8H2,1H3. The maximum Gasteiger partial charge on any atom is 0.137 e. The van der Waals surface area contributed by atoms with E-state index < -0.39 is 0 Å². The lowest BCUT2D eigenvalue weighted by Gasteiger charge is -2.11. The van der Waals surface area contributed by atoms with E-state index in [1.54, 1.807) is 19.2 Å². The van der Waals surface area contributed by atoms with Crippen LogP contribution in [-0.4, -0.2) is 7.11 Å². The maximum absolute atomic E-state index is 13.2. The largest absolute Gasteiger partial charge is 0.497 e. The van der Waals surface area contributed by atoms with E-state index in [1.807, 2.05) is 24.3 Å². The van der Waals surface area contributed by atoms with Gasteiger partial charge in [-0.25, -0.2) is 4.39 Å². The van der Waals surface area contributed by atoms with Gasteiger partial charge in [-0.3, -0.25) is 0 Å². The third-order valence-corrected chi connectivity index (χ3v) is 4.34. The van der Waals surface area contributed by atoms with Crippen molar-refractivity contribution < 1.29 is 9.13 Å². The predicted molar refractivity (Wildman–Crippen MR) is 82.5 cm³/mol. The summed E-state index contributed by atoms with van der Waals surface area (Å²) in [7, 11) is 1.65. The highest BCUT2D eigenvalue weighted by molar-refractivity contribution is 9.10. The van der Waals surface area contributed by atoms with Gasteiger partial charge in [0.2, 0.25) is 0 Å². The van der Waals surface area contributed by atoms with Crippen LogP contribution in [0.15, 0.2) is 46.9 Å². The zero-order valence-electron chi connectivity index (χ0n) is 10.4. The lowest BCUT2D eigenvalue weighted by Crippen LogP contribution is -1.96. The molecule has 0 aromatic heterocycles. The predicted octanol–water partition coefficient (Wildman–Crippen LogP) is 5.28. The molecule has 100 valence electrons. The summed E-state index contributed by atoms with van der Waals surface area (Å²) >= 11 is 6.85. The van der Waals surface area contributed by atoms with Crippen molar-refractivity contribution in [1.82, 2.24) is 0 Å². The SMILES string of the molecule is COc1ccc(CC(Br)c2ccc(F)c(Br)c2)cc1. The smallest absolute Gasteiger partial charge is 0.137 e. The van der Waals surface area contributed by atoms with E-state index in [2.05, 4.69) is 31.9 Å². The molecule has 1 unspecified atom stereocenters. The third-order valence-electron chi connectivity index (χ3n) is 2.88. The fraction of sp³-hybridized carbons (Fsp3) is 0.200. The van der Waals surface area contributed by atoms with Crippen LogP contribution in [0.2, 0.25) is 0 Å². The van der Waals surface area contributed by atoms with Crippen molar-refractivity contribution in [3.8, 4) is 5.75 Å². The summed E-state index contributed by atoms with van der Waals surface area (Å²) < 4.78 is 18.8. The number of hydrogen-bond acceptors (Lipinski definition) is 1. The first-order chi connectivity index (χ1) is 9.10. The molecule has 0 saturated carbocycles. The van der Waals surface area contributed by atoms with Crippen LogP contribution >= 0.6 is 31.9 Å². The molecule has 0 heterocycles. The van der Waals surface area contributed by atoms with Gasteiger partial charge in [0.25, 0.3) is 0 Å². The molecule has 19 heavy (non-hydrogen) atoms. The summed E-state index contributed by atoms with van der Waals surface area (Å²) in [5, 5.41) is 0. The second-order valence-electron chi connectivity index (χ2n) is 4.19. The van der Waals surface area contributed by atoms with Crippen molar-refractivity contribution in [3.05, 3.63) is 63.9 Å². The molecule has 1 nitrogen and oxygen atoms in total. The fourth-order valence-electron chi connectivity index (χ4n) is 1.79. The van der Waals surface area contributed by atoms with Gasteiger partial charge in [0.15, 0.2) is 0 Å². The molecule has 1 atom stereocenters. The van der Waals surface area contributed by atoms with Gasteiger partial charge in [-0.2, -0.15) is 0 Å². The van der Waals surface area contributed by atoms with Gasteiger partial charge in [-0.05, 0) is 57.7 Å². The number of benzene rings is 2. The van der Waals surface area contributed by atoms with Crippen LogP contribution in [0, 0.1) is 5.82 Å². The van der Waals surface area contributed by atoms with Gasteiger partial charge in [0, 0.05) is 4.83 Å². The van der Waals surface area contributed by atoms with E-state index in [-0.39, 0.29) is 10.6 Å². The monoisotopic (exact) mass is 386 g/mol. The van der Waals surface area contributed by atoms with E-state index in [0.29, 0.717) is 4.47 Å². The van der Waals surface area contributed by atoms with Gasteiger partial charge in [0.1, 0.15) is 11.6 Å². The Morgan fingerprint density at radius 3 is 2.42 bits per heavy atom. The highest BCUT2D eigenvalue weighted by atomic mass is 79.9. The Balaban J connectivity index is 2.10. The minimum atomic E-state index is -0.243. The maximum atomic E-state index is 13.2. The van der Waals surface area contributed by atoms with Crippen LogP contribution in [0.1, 0.15) is 16.0 Å². The molecule has 2 aromatic carbocycles. The molecule has 0 saturated heterocycles. The highest BCUT2D eigenvalue weighted by Crippen LogP contribution is 2.30. The second kappa shape index (κ2) is 6.53. The molecule has 0 aliphatic heterocycles. The first-order valence-corrected chi connectivity index (χ1v) is 7.53. The summed E-state index contributed by atoms with van der Waals surface area (Å²) in [5.41, 5.74) is 2.24. The Kier molecular flexibility index (Phi) is 4.99. The number of alkyl halides is 1. The van der Waals surface area contributed by atoms with E-state index in [0.717, 1.165) is 17.7 Å². The summed E-state index contributed by atoms with van der Waals surface area (Å²) in [6.45, 7) is 0. The van der Waals surface area contributed by atoms with Crippen molar-refractivity contribution in [2.45, 2.75) is 11.2 Å². The van der Waals surface area contributed by atoms with E-state index in [4.69, 9.17) is 4.74 Å². The van der Waals surface area contributed by atoms with Crippen LogP contribution in [0.25, 0.3) is 0 Å². The van der Waals surface area contributed by atoms with Crippen LogP contribution in [0.4, 0.5) is 4.39 Å². The van der Waals surface area contributed by atoms with Gasteiger partial charge in [0.05, 0.1) is 11.6 Å². The van der Waals surface area contributed by atoms with E-state index >= 15 is 0 Å². The quantitative estimate of drug-likeness (QED) is 0.649. The lowest BCUT2D eigenvalue weighted by atomic mass is 10.0. The summed E-state index contributed by atoms with van der Waals surface area (Å²) in [6, 6.07) is 13.0. The topological polar surface area (TPSA) is 9.23 Å². The number of halogens is 3. The first kappa shape index (κ1) is 14.5. The molecular weight excluding hydrogens is 375 g/mol. The van der Waals surface area contributed by atoms with Crippen molar-refractivity contribution in [2.75, 3.05) is 7.11 Å². The first-order valence-electron chi connectivity index (χ1n) is 5.82. The molecule has 2 rings (SSSR count). The lowest BCUT2D eigenvalue weighted by molar-refractivity contribution is 0.414. The number of rotatable bonds is 4. The van der Waals surface area contributed by atoms with Crippen LogP contribution in [0.5, 0.6) is 5.75 Å². The fourth-order valence-corrected chi connectivity index (χ4v) is 2.85. The summed E-state index contributed by atoms with van der Waals surface area (Å²) in [5.74, 6) is 0.604. The minimum absolute atomic E-state index is 0.151. The van der Waals surface area contributed by atoms with Crippen molar-refractivity contribution in [1.29, 1.82) is 0 Å². The molecule has 0 amide bonds. The van der Waals surface area contributed by atoms with Gasteiger partial charge >= 0.3 is 0 Å². The average molecular weight is 388 g/mol. The molecule has 0 fully saturated rings. The number of methoxy groups -OCH3 is 1. The summed E-state index contributed by atoms with van der Waals surface area (Å²) in [4.78, 5) is 0.151. The Morgan fingerprint density at radius 1 is 1.16 bits per heavy atom. The number of ether oxygens (including phenoxy) is 1.